The summed E-state index contributed by atoms with van der Waals surface area (Å²) in [4.78, 5) is 37.7. The van der Waals surface area contributed by atoms with Gasteiger partial charge in [-0.3, -0.25) is 18.6 Å². The van der Waals surface area contributed by atoms with Crippen molar-refractivity contribution in [2.24, 2.45) is 0 Å². The van der Waals surface area contributed by atoms with Crippen LogP contribution in [0.2, 0.25) is 0 Å². The molecule has 0 radical (unpaired) electrons. The number of unbranched alkanes of at least 4 members (excludes halogenated alkanes) is 39. The quantitative estimate of drug-likeness (QED) is 0.0205. The first-order valence-corrected chi connectivity index (χ1v) is 33.8. The van der Waals surface area contributed by atoms with Crippen molar-refractivity contribution >= 4 is 19.7 Å². The Bertz CT molecular complexity index is 1380. The highest BCUT2D eigenvalue weighted by atomic mass is 31.2. The fraction of sp³-hybridized carbons (Fsp3) is 0.877. The van der Waals surface area contributed by atoms with Crippen LogP contribution in [0.1, 0.15) is 316 Å². The van der Waals surface area contributed by atoms with E-state index in [2.05, 4.69) is 44.3 Å². The number of phosphoric acid groups is 1. The van der Waals surface area contributed by atoms with E-state index in [1.165, 1.54) is 225 Å². The molecule has 9 nitrogen and oxygen atoms in total. The van der Waals surface area contributed by atoms with Crippen LogP contribution in [-0.2, 0) is 27.9 Å². The minimum atomic E-state index is -4.46. The summed E-state index contributed by atoms with van der Waals surface area (Å²) in [6, 6.07) is -0.874. The second kappa shape index (κ2) is 55.5. The van der Waals surface area contributed by atoms with Crippen molar-refractivity contribution < 1.29 is 37.3 Å². The molecule has 0 saturated heterocycles. The second-order valence-corrected chi connectivity index (χ2v) is 24.7. The number of quaternary nitrogens is 1. The highest BCUT2D eigenvalue weighted by Crippen LogP contribution is 2.43. The number of hydrogen-bond acceptors (Lipinski definition) is 6. The van der Waals surface area contributed by atoms with Crippen molar-refractivity contribution in [3.05, 3.63) is 36.5 Å². The molecule has 75 heavy (non-hydrogen) atoms. The number of phosphoric ester groups is 1. The molecular formula is C65H126N2O7P+. The van der Waals surface area contributed by atoms with E-state index in [1.54, 1.807) is 0 Å². The predicted molar refractivity (Wildman–Crippen MR) is 323 cm³/mol. The van der Waals surface area contributed by atoms with Gasteiger partial charge in [-0.1, -0.05) is 289 Å². The number of nitrogens with zero attached hydrogens (tertiary/aromatic N) is 1. The number of rotatable bonds is 59. The molecule has 0 aromatic carbocycles. The van der Waals surface area contributed by atoms with Gasteiger partial charge in [0, 0.05) is 12.8 Å². The van der Waals surface area contributed by atoms with Gasteiger partial charge >= 0.3 is 13.8 Å². The predicted octanol–water partition coefficient (Wildman–Crippen LogP) is 19.9. The zero-order valence-electron chi connectivity index (χ0n) is 50.6. The number of likely N-dealkylation sites (N-methyl/N-ethyl adjacent to an activating group) is 1. The molecule has 2 N–H and O–H groups in total. The number of amides is 1. The van der Waals surface area contributed by atoms with E-state index in [0.29, 0.717) is 17.4 Å². The van der Waals surface area contributed by atoms with Gasteiger partial charge in [-0.15, -0.1) is 0 Å². The van der Waals surface area contributed by atoms with Gasteiger partial charge in [-0.05, 0) is 51.0 Å². The number of hydrogen-bond donors (Lipinski definition) is 2. The van der Waals surface area contributed by atoms with Crippen LogP contribution in [0.25, 0.3) is 0 Å². The van der Waals surface area contributed by atoms with Crippen LogP contribution in [0, 0.1) is 0 Å². The lowest BCUT2D eigenvalue weighted by Gasteiger charge is -2.27. The summed E-state index contributed by atoms with van der Waals surface area (Å²) in [5, 5.41) is 3.02. The molecule has 442 valence electrons. The van der Waals surface area contributed by atoms with E-state index in [-0.39, 0.29) is 37.9 Å². The number of allylic oxidation sites excluding steroid dienone is 5. The Morgan fingerprint density at radius 1 is 0.467 bits per heavy atom. The normalized spacial score (nSPS) is 13.9. The Labute approximate surface area is 466 Å². The zero-order chi connectivity index (χ0) is 55.0. The third kappa shape index (κ3) is 56.8. The molecular weight excluding hydrogens is 952 g/mol. The van der Waals surface area contributed by atoms with Crippen LogP contribution in [-0.4, -0.2) is 74.3 Å². The summed E-state index contributed by atoms with van der Waals surface area (Å²) >= 11 is 0. The smallest absolute Gasteiger partial charge is 0.456 e. The van der Waals surface area contributed by atoms with E-state index < -0.39 is 20.0 Å². The molecule has 3 unspecified atom stereocenters. The lowest BCUT2D eigenvalue weighted by Crippen LogP contribution is -2.47. The molecule has 0 aromatic heterocycles. The van der Waals surface area contributed by atoms with Gasteiger partial charge in [0.2, 0.25) is 5.91 Å². The first kappa shape index (κ1) is 73.2. The fourth-order valence-corrected chi connectivity index (χ4v) is 10.3. The molecule has 3 atom stereocenters. The third-order valence-electron chi connectivity index (χ3n) is 14.6. The average Bonchev–Trinajstić information content (AvgIpc) is 3.37. The third-order valence-corrected chi connectivity index (χ3v) is 15.6. The van der Waals surface area contributed by atoms with Gasteiger partial charge in [0.15, 0.2) is 0 Å². The highest BCUT2D eigenvalue weighted by molar-refractivity contribution is 7.47. The number of esters is 1. The fourth-order valence-electron chi connectivity index (χ4n) is 9.58. The topological polar surface area (TPSA) is 111 Å². The Morgan fingerprint density at radius 2 is 0.827 bits per heavy atom. The molecule has 0 aromatic rings. The van der Waals surface area contributed by atoms with Gasteiger partial charge in [-0.25, -0.2) is 4.57 Å². The SMILES string of the molecule is CCCCCCCC/C=C\C/C=C/CCC(=O)NC(COP(=O)(O)OCC[N+](C)(C)C)C(/C=C\CCCCCCCCCCCCC)OC(=O)CCCCCCCCCCCCCCCCCCCCCCCCC. The number of ether oxygens (including phenoxy) is 1. The Balaban J connectivity index is 5.16. The summed E-state index contributed by atoms with van der Waals surface area (Å²) in [5.74, 6) is -0.568. The Morgan fingerprint density at radius 3 is 1.23 bits per heavy atom. The van der Waals surface area contributed by atoms with Crippen LogP contribution < -0.4 is 5.32 Å². The van der Waals surface area contributed by atoms with Crippen molar-refractivity contribution in [3.63, 3.8) is 0 Å². The lowest BCUT2D eigenvalue weighted by atomic mass is 10.0. The van der Waals surface area contributed by atoms with Gasteiger partial charge < -0.3 is 19.4 Å². The van der Waals surface area contributed by atoms with Gasteiger partial charge in [0.25, 0.3) is 0 Å². The van der Waals surface area contributed by atoms with Gasteiger partial charge in [0.05, 0.1) is 33.8 Å². The number of carbonyl (C=O) groups is 2. The van der Waals surface area contributed by atoms with Crippen LogP contribution in [0.3, 0.4) is 0 Å². The number of nitrogens with one attached hydrogen (secondary N) is 1. The van der Waals surface area contributed by atoms with Crippen LogP contribution in [0.4, 0.5) is 0 Å². The maximum atomic E-state index is 13.5. The van der Waals surface area contributed by atoms with Gasteiger partial charge in [-0.2, -0.15) is 0 Å². The van der Waals surface area contributed by atoms with Crippen molar-refractivity contribution in [1.82, 2.24) is 5.32 Å². The standard InChI is InChI=1S/C65H125N2O7P/c1-7-10-13-16-19-22-25-28-29-30-31-32-33-34-35-36-37-40-43-46-49-52-55-58-65(69)74-63(56-53-50-47-44-41-38-26-23-20-17-14-11-8-2)62(61-73-75(70,71)72-60-59-67(4,5)6)66-64(68)57-54-51-48-45-42-39-27-24-21-18-15-12-9-3/h39,42,48,51,53,56,62-63H,7-38,40-41,43-47,49-50,52,54-55,57-61H2,1-6H3,(H-,66,68,70,71)/p+1/b42-39-,51-48+,56-53-. The molecule has 0 bridgehead atoms. The van der Waals surface area contributed by atoms with Crippen molar-refractivity contribution in [3.8, 4) is 0 Å². The van der Waals surface area contributed by atoms with Crippen LogP contribution in [0.15, 0.2) is 36.5 Å². The maximum absolute atomic E-state index is 13.5. The minimum absolute atomic E-state index is 0.0334. The zero-order valence-corrected chi connectivity index (χ0v) is 51.5. The first-order chi connectivity index (χ1) is 36.4. The van der Waals surface area contributed by atoms with E-state index in [0.717, 1.165) is 51.4 Å². The van der Waals surface area contributed by atoms with Crippen molar-refractivity contribution in [2.45, 2.75) is 328 Å². The molecule has 0 heterocycles. The van der Waals surface area contributed by atoms with Crippen molar-refractivity contribution in [2.75, 3.05) is 40.9 Å². The largest absolute Gasteiger partial charge is 0.472 e. The molecule has 0 rings (SSSR count). The maximum Gasteiger partial charge on any atom is 0.472 e. The van der Waals surface area contributed by atoms with Crippen LogP contribution in [0.5, 0.6) is 0 Å². The monoisotopic (exact) mass is 1080 g/mol. The lowest BCUT2D eigenvalue weighted by molar-refractivity contribution is -0.870. The Kier molecular flexibility index (Phi) is 54.2. The summed E-state index contributed by atoms with van der Waals surface area (Å²) in [6.07, 6.45) is 67.4. The summed E-state index contributed by atoms with van der Waals surface area (Å²) < 4.78 is 30.7. The molecule has 0 aliphatic carbocycles. The Hall–Kier alpha value is -1.77. The molecule has 0 aliphatic rings. The van der Waals surface area contributed by atoms with E-state index in [1.807, 2.05) is 39.4 Å². The average molecular weight is 1080 g/mol. The van der Waals surface area contributed by atoms with E-state index >= 15 is 0 Å². The summed E-state index contributed by atoms with van der Waals surface area (Å²) in [5.41, 5.74) is 0. The number of carbonyl (C=O) groups excluding carboxylic acids is 2. The van der Waals surface area contributed by atoms with Gasteiger partial charge in [0.1, 0.15) is 19.3 Å². The molecule has 1 amide bonds. The molecule has 10 heteroatoms. The molecule has 0 saturated carbocycles. The molecule has 0 spiro atoms. The summed E-state index contributed by atoms with van der Waals surface area (Å²) in [6.45, 7) is 7.00. The summed E-state index contributed by atoms with van der Waals surface area (Å²) in [7, 11) is 1.48. The highest BCUT2D eigenvalue weighted by Gasteiger charge is 2.30. The molecule has 0 aliphatic heterocycles. The van der Waals surface area contributed by atoms with Crippen molar-refractivity contribution in [1.29, 1.82) is 0 Å². The molecule has 0 fully saturated rings. The first-order valence-electron chi connectivity index (χ1n) is 32.3. The van der Waals surface area contributed by atoms with E-state index in [4.69, 9.17) is 13.8 Å². The minimum Gasteiger partial charge on any atom is -0.456 e. The van der Waals surface area contributed by atoms with E-state index in [9.17, 15) is 19.0 Å². The second-order valence-electron chi connectivity index (χ2n) is 23.3. The van der Waals surface area contributed by atoms with Crippen LogP contribution >= 0.6 is 7.82 Å².